The lowest BCUT2D eigenvalue weighted by molar-refractivity contribution is -0.237. The van der Waals surface area contributed by atoms with Crippen molar-refractivity contribution in [1.29, 1.82) is 0 Å². The van der Waals surface area contributed by atoms with E-state index in [9.17, 15) is 13.2 Å². The highest BCUT2D eigenvalue weighted by molar-refractivity contribution is 5.86. The third-order valence-electron chi connectivity index (χ3n) is 6.28. The minimum Gasteiger partial charge on any atom is -0.491 e. The average Bonchev–Trinajstić information content (AvgIpc) is 3.46. The minimum absolute atomic E-state index is 0.143. The zero-order chi connectivity index (χ0) is 26.4. The third-order valence-corrected chi connectivity index (χ3v) is 6.28. The number of ether oxygens (including phenoxy) is 4. The van der Waals surface area contributed by atoms with Crippen molar-refractivity contribution < 1.29 is 32.1 Å². The van der Waals surface area contributed by atoms with E-state index in [1.165, 1.54) is 18.5 Å². The second kappa shape index (κ2) is 9.43. The van der Waals surface area contributed by atoms with E-state index in [4.69, 9.17) is 24.7 Å². The molecular weight excluding hydrogens is 491 g/mol. The molecule has 4 aromatic rings. The Hall–Kier alpha value is -3.48. The van der Waals surface area contributed by atoms with Gasteiger partial charge in [-0.1, -0.05) is 6.07 Å². The van der Waals surface area contributed by atoms with E-state index in [1.807, 2.05) is 16.8 Å². The molecule has 0 aliphatic carbocycles. The van der Waals surface area contributed by atoms with Crippen molar-refractivity contribution in [2.75, 3.05) is 19.5 Å². The summed E-state index contributed by atoms with van der Waals surface area (Å²) in [5, 5.41) is 1.27. The van der Waals surface area contributed by atoms with Crippen LogP contribution in [0.4, 0.5) is 19.0 Å². The van der Waals surface area contributed by atoms with Crippen molar-refractivity contribution in [1.82, 2.24) is 19.5 Å². The van der Waals surface area contributed by atoms with Gasteiger partial charge in [0.2, 0.25) is 0 Å². The Balaban J connectivity index is 1.36. The molecule has 9 nitrogen and oxygen atoms in total. The van der Waals surface area contributed by atoms with Crippen molar-refractivity contribution in [3.8, 4) is 5.75 Å². The summed E-state index contributed by atoms with van der Waals surface area (Å²) in [6.07, 6.45) is -2.21. The van der Waals surface area contributed by atoms with Gasteiger partial charge in [-0.2, -0.15) is 13.2 Å². The number of methoxy groups -OCH3 is 1. The number of halogens is 3. The zero-order valence-electron chi connectivity index (χ0n) is 20.4. The first-order valence-electron chi connectivity index (χ1n) is 11.6. The van der Waals surface area contributed by atoms with Crippen LogP contribution in [0.3, 0.4) is 0 Å². The molecular formula is C25H26F3N5O4. The number of nitrogens with two attached hydrogens (primary N) is 1. The van der Waals surface area contributed by atoms with Crippen molar-refractivity contribution in [2.45, 2.75) is 50.7 Å². The Labute approximate surface area is 210 Å². The van der Waals surface area contributed by atoms with Crippen LogP contribution >= 0.6 is 0 Å². The molecule has 5 rings (SSSR count). The van der Waals surface area contributed by atoms with Gasteiger partial charge in [0.05, 0.1) is 17.0 Å². The zero-order valence-corrected chi connectivity index (χ0v) is 20.4. The maximum Gasteiger partial charge on any atom is 0.433 e. The number of rotatable bonds is 7. The fourth-order valence-electron chi connectivity index (χ4n) is 4.32. The molecule has 1 aromatic carbocycles. The van der Waals surface area contributed by atoms with Crippen molar-refractivity contribution >= 4 is 27.8 Å². The van der Waals surface area contributed by atoms with Gasteiger partial charge in [-0.15, -0.1) is 0 Å². The SMILES string of the molecule is COC(C)(C)O[C@@H]1C[C@@H](COc2ccc3ccc(C(F)(F)F)nc3c2)O[C@H]1n1ccc2c(N)ncnc21. The molecule has 0 spiro atoms. The van der Waals surface area contributed by atoms with Crippen LogP contribution in [0.1, 0.15) is 32.2 Å². The van der Waals surface area contributed by atoms with Crippen LogP contribution in [0.25, 0.3) is 21.9 Å². The highest BCUT2D eigenvalue weighted by Gasteiger charge is 2.41. The molecule has 1 aliphatic heterocycles. The topological polar surface area (TPSA) is 107 Å². The van der Waals surface area contributed by atoms with Gasteiger partial charge >= 0.3 is 6.18 Å². The maximum atomic E-state index is 13.1. The molecule has 196 valence electrons. The Morgan fingerprint density at radius 3 is 2.68 bits per heavy atom. The van der Waals surface area contributed by atoms with E-state index in [0.717, 1.165) is 6.07 Å². The summed E-state index contributed by atoms with van der Waals surface area (Å²) in [5.41, 5.74) is 5.83. The molecule has 1 fully saturated rings. The summed E-state index contributed by atoms with van der Waals surface area (Å²) in [6, 6.07) is 8.99. The van der Waals surface area contributed by atoms with Crippen molar-refractivity contribution in [3.63, 3.8) is 0 Å². The molecule has 4 heterocycles. The first kappa shape index (κ1) is 25.2. The van der Waals surface area contributed by atoms with E-state index in [2.05, 4.69) is 15.0 Å². The Morgan fingerprint density at radius 1 is 1.14 bits per heavy atom. The molecule has 0 radical (unpaired) electrons. The van der Waals surface area contributed by atoms with Gasteiger partial charge in [-0.05, 0) is 38.1 Å². The molecule has 1 aliphatic rings. The summed E-state index contributed by atoms with van der Waals surface area (Å²) < 4.78 is 65.0. The fraction of sp³-hybridized carbons (Fsp3) is 0.400. The van der Waals surface area contributed by atoms with E-state index < -0.39 is 30.0 Å². The summed E-state index contributed by atoms with van der Waals surface area (Å²) in [6.45, 7) is 3.75. The van der Waals surface area contributed by atoms with Crippen LogP contribution < -0.4 is 10.5 Å². The number of aromatic nitrogens is 4. The van der Waals surface area contributed by atoms with Gasteiger partial charge < -0.3 is 29.2 Å². The molecule has 3 aromatic heterocycles. The molecule has 1 saturated heterocycles. The number of hydrogen-bond donors (Lipinski definition) is 1. The van der Waals surface area contributed by atoms with Crippen LogP contribution in [0, 0.1) is 0 Å². The van der Waals surface area contributed by atoms with Crippen LogP contribution in [0.15, 0.2) is 48.9 Å². The van der Waals surface area contributed by atoms with Crippen LogP contribution in [0.2, 0.25) is 0 Å². The number of pyridine rings is 1. The molecule has 0 saturated carbocycles. The molecule has 2 N–H and O–H groups in total. The standard InChI is InChI=1S/C25H26F3N5O4/c1-24(2,34-3)37-19-11-16(36-23(19)33-9-8-17-21(29)30-13-31-22(17)33)12-35-15-6-4-14-5-7-20(25(26,27)28)32-18(14)10-15/h4-10,13,16,19,23H,11-12H2,1-3H3,(H2,29,30,31)/t16-,19+,23+/m0/s1. The highest BCUT2D eigenvalue weighted by atomic mass is 19.4. The average molecular weight is 518 g/mol. The molecule has 3 atom stereocenters. The maximum absolute atomic E-state index is 13.1. The van der Waals surface area contributed by atoms with E-state index in [-0.39, 0.29) is 18.2 Å². The van der Waals surface area contributed by atoms with Crippen LogP contribution in [-0.2, 0) is 20.4 Å². The van der Waals surface area contributed by atoms with E-state index in [0.29, 0.717) is 34.4 Å². The predicted molar refractivity (Wildman–Crippen MR) is 129 cm³/mol. The van der Waals surface area contributed by atoms with Gasteiger partial charge in [0.1, 0.15) is 41.9 Å². The number of hydrogen-bond acceptors (Lipinski definition) is 8. The number of fused-ring (bicyclic) bond motifs is 2. The molecule has 0 amide bonds. The monoisotopic (exact) mass is 517 g/mol. The van der Waals surface area contributed by atoms with E-state index >= 15 is 0 Å². The van der Waals surface area contributed by atoms with Gasteiger partial charge in [0.15, 0.2) is 12.0 Å². The molecule has 12 heteroatoms. The third kappa shape index (κ3) is 5.17. The lowest BCUT2D eigenvalue weighted by Gasteiger charge is -2.30. The van der Waals surface area contributed by atoms with Gasteiger partial charge in [0, 0.05) is 31.2 Å². The Kier molecular flexibility index (Phi) is 6.42. The van der Waals surface area contributed by atoms with Crippen molar-refractivity contribution in [3.05, 3.63) is 54.6 Å². The largest absolute Gasteiger partial charge is 0.491 e. The molecule has 0 bridgehead atoms. The second-order valence-electron chi connectivity index (χ2n) is 9.22. The second-order valence-corrected chi connectivity index (χ2v) is 9.22. The first-order valence-corrected chi connectivity index (χ1v) is 11.6. The smallest absolute Gasteiger partial charge is 0.433 e. The van der Waals surface area contributed by atoms with Gasteiger partial charge in [-0.3, -0.25) is 0 Å². The Bertz CT molecular complexity index is 1420. The summed E-state index contributed by atoms with van der Waals surface area (Å²) in [4.78, 5) is 12.1. The molecule has 37 heavy (non-hydrogen) atoms. The first-order chi connectivity index (χ1) is 17.5. The van der Waals surface area contributed by atoms with Gasteiger partial charge in [0.25, 0.3) is 0 Å². The van der Waals surface area contributed by atoms with Crippen molar-refractivity contribution in [2.24, 2.45) is 0 Å². The number of nitrogens with zero attached hydrogens (tertiary/aromatic N) is 4. The lowest BCUT2D eigenvalue weighted by atomic mass is 10.1. The number of nitrogen functional groups attached to an aromatic ring is 1. The normalized spacial score (nSPS) is 20.6. The lowest BCUT2D eigenvalue weighted by Crippen LogP contribution is -2.35. The number of anilines is 1. The van der Waals surface area contributed by atoms with E-state index in [1.54, 1.807) is 33.1 Å². The quantitative estimate of drug-likeness (QED) is 0.351. The van der Waals surface area contributed by atoms with Crippen LogP contribution in [0.5, 0.6) is 5.75 Å². The van der Waals surface area contributed by atoms with Crippen LogP contribution in [-0.4, -0.2) is 51.2 Å². The minimum atomic E-state index is -4.53. The van der Waals surface area contributed by atoms with Gasteiger partial charge in [-0.25, -0.2) is 15.0 Å². The number of alkyl halides is 3. The summed E-state index contributed by atoms with van der Waals surface area (Å²) >= 11 is 0. The highest BCUT2D eigenvalue weighted by Crippen LogP contribution is 2.37. The summed E-state index contributed by atoms with van der Waals surface area (Å²) in [5.74, 6) is -0.137. The fourth-order valence-corrected chi connectivity index (χ4v) is 4.32. The molecule has 0 unspecified atom stereocenters. The Morgan fingerprint density at radius 2 is 1.92 bits per heavy atom. The predicted octanol–water partition coefficient (Wildman–Crippen LogP) is 4.71. The number of benzene rings is 1. The summed E-state index contributed by atoms with van der Waals surface area (Å²) in [7, 11) is 1.56.